The lowest BCUT2D eigenvalue weighted by Gasteiger charge is -2.17. The van der Waals surface area contributed by atoms with Crippen LogP contribution >= 0.6 is 0 Å². The summed E-state index contributed by atoms with van der Waals surface area (Å²) in [4.78, 5) is 6.46. The van der Waals surface area contributed by atoms with Gasteiger partial charge in [0.05, 0.1) is 6.54 Å². The molecule has 0 bridgehead atoms. The molecule has 0 unspecified atom stereocenters. The van der Waals surface area contributed by atoms with Crippen molar-refractivity contribution >= 4 is 5.82 Å². The van der Waals surface area contributed by atoms with Gasteiger partial charge in [0.15, 0.2) is 0 Å². The molecule has 0 amide bonds. The van der Waals surface area contributed by atoms with E-state index in [-0.39, 0.29) is 0 Å². The fraction of sp³-hybridized carbons (Fsp3) is 0.357. The van der Waals surface area contributed by atoms with Crippen molar-refractivity contribution in [3.8, 4) is 0 Å². The molecule has 0 atom stereocenters. The standard InChI is InChI=1S/C14H19N3O/c1-11-4-5-13(18-11)10-17(3)14-8-12(9-15-2)6-7-16-14/h4-8,15H,9-10H2,1-3H3. The van der Waals surface area contributed by atoms with Crippen LogP contribution in [0, 0.1) is 6.92 Å². The molecule has 1 N–H and O–H groups in total. The minimum Gasteiger partial charge on any atom is -0.464 e. The largest absolute Gasteiger partial charge is 0.464 e. The number of hydrogen-bond donors (Lipinski definition) is 1. The molecule has 0 spiro atoms. The van der Waals surface area contributed by atoms with E-state index in [9.17, 15) is 0 Å². The van der Waals surface area contributed by atoms with Gasteiger partial charge in [-0.05, 0) is 43.8 Å². The summed E-state index contributed by atoms with van der Waals surface area (Å²) in [7, 11) is 3.96. The number of anilines is 1. The molecule has 0 radical (unpaired) electrons. The van der Waals surface area contributed by atoms with Crippen LogP contribution in [0.4, 0.5) is 5.82 Å². The number of rotatable bonds is 5. The Morgan fingerprint density at radius 3 is 2.83 bits per heavy atom. The maximum atomic E-state index is 5.57. The van der Waals surface area contributed by atoms with Crippen LogP contribution < -0.4 is 10.2 Å². The van der Waals surface area contributed by atoms with Gasteiger partial charge in [-0.15, -0.1) is 0 Å². The Balaban J connectivity index is 2.08. The van der Waals surface area contributed by atoms with Crippen LogP contribution in [0.5, 0.6) is 0 Å². The van der Waals surface area contributed by atoms with E-state index in [1.54, 1.807) is 0 Å². The predicted octanol–water partition coefficient (Wildman–Crippen LogP) is 2.34. The highest BCUT2D eigenvalue weighted by Crippen LogP contribution is 2.15. The van der Waals surface area contributed by atoms with Gasteiger partial charge in [0, 0.05) is 19.8 Å². The van der Waals surface area contributed by atoms with Gasteiger partial charge >= 0.3 is 0 Å². The molecule has 0 aliphatic heterocycles. The third kappa shape index (κ3) is 3.11. The first-order valence-electron chi connectivity index (χ1n) is 6.05. The minimum absolute atomic E-state index is 0.726. The van der Waals surface area contributed by atoms with Gasteiger partial charge < -0.3 is 14.6 Å². The van der Waals surface area contributed by atoms with Gasteiger partial charge in [-0.2, -0.15) is 0 Å². The SMILES string of the molecule is CNCc1ccnc(N(C)Cc2ccc(C)o2)c1. The Morgan fingerprint density at radius 2 is 2.17 bits per heavy atom. The molecule has 4 nitrogen and oxygen atoms in total. The van der Waals surface area contributed by atoms with E-state index >= 15 is 0 Å². The second-order valence-electron chi connectivity index (χ2n) is 4.42. The fourth-order valence-corrected chi connectivity index (χ4v) is 1.87. The number of pyridine rings is 1. The number of nitrogens with one attached hydrogen (secondary N) is 1. The van der Waals surface area contributed by atoms with Gasteiger partial charge in [-0.1, -0.05) is 0 Å². The lowest BCUT2D eigenvalue weighted by Crippen LogP contribution is -2.17. The van der Waals surface area contributed by atoms with E-state index in [1.165, 1.54) is 5.56 Å². The summed E-state index contributed by atoms with van der Waals surface area (Å²) in [5.74, 6) is 2.85. The molecule has 0 aliphatic rings. The molecule has 0 aliphatic carbocycles. The van der Waals surface area contributed by atoms with Gasteiger partial charge in [0.1, 0.15) is 17.3 Å². The van der Waals surface area contributed by atoms with E-state index < -0.39 is 0 Å². The molecule has 0 aromatic carbocycles. The highest BCUT2D eigenvalue weighted by atomic mass is 16.3. The zero-order valence-corrected chi connectivity index (χ0v) is 11.1. The Morgan fingerprint density at radius 1 is 1.33 bits per heavy atom. The van der Waals surface area contributed by atoms with Gasteiger partial charge in [-0.3, -0.25) is 0 Å². The number of nitrogens with zero attached hydrogens (tertiary/aromatic N) is 2. The Kier molecular flexibility index (Phi) is 3.99. The Labute approximate surface area is 108 Å². The van der Waals surface area contributed by atoms with Crippen molar-refractivity contribution in [2.75, 3.05) is 19.0 Å². The average molecular weight is 245 g/mol. The molecule has 0 saturated carbocycles. The van der Waals surface area contributed by atoms with Gasteiger partial charge in [0.2, 0.25) is 0 Å². The third-order valence-electron chi connectivity index (χ3n) is 2.77. The smallest absolute Gasteiger partial charge is 0.128 e. The van der Waals surface area contributed by atoms with Crippen LogP contribution in [0.2, 0.25) is 0 Å². The van der Waals surface area contributed by atoms with E-state index in [0.29, 0.717) is 0 Å². The van der Waals surface area contributed by atoms with Crippen molar-refractivity contribution in [2.45, 2.75) is 20.0 Å². The molecule has 2 heterocycles. The summed E-state index contributed by atoms with van der Waals surface area (Å²) >= 11 is 0. The number of hydrogen-bond acceptors (Lipinski definition) is 4. The van der Waals surface area contributed by atoms with Crippen molar-refractivity contribution in [3.05, 3.63) is 47.5 Å². The zero-order valence-electron chi connectivity index (χ0n) is 11.1. The van der Waals surface area contributed by atoms with Crippen LogP contribution in [0.1, 0.15) is 17.1 Å². The first-order valence-corrected chi connectivity index (χ1v) is 6.05. The zero-order chi connectivity index (χ0) is 13.0. The summed E-state index contributed by atoms with van der Waals surface area (Å²) in [6.45, 7) is 3.53. The van der Waals surface area contributed by atoms with E-state index in [4.69, 9.17) is 4.42 Å². The van der Waals surface area contributed by atoms with E-state index in [0.717, 1.165) is 30.4 Å². The van der Waals surface area contributed by atoms with Crippen molar-refractivity contribution in [1.82, 2.24) is 10.3 Å². The monoisotopic (exact) mass is 245 g/mol. The molecular formula is C14H19N3O. The van der Waals surface area contributed by atoms with Gasteiger partial charge in [0.25, 0.3) is 0 Å². The summed E-state index contributed by atoms with van der Waals surface area (Å²) in [5.41, 5.74) is 1.23. The molecule has 2 aromatic rings. The molecule has 2 aromatic heterocycles. The Bertz CT molecular complexity index is 507. The molecule has 2 rings (SSSR count). The van der Waals surface area contributed by atoms with Crippen LogP contribution in [0.3, 0.4) is 0 Å². The fourth-order valence-electron chi connectivity index (χ4n) is 1.87. The summed E-state index contributed by atoms with van der Waals surface area (Å²) in [6, 6.07) is 8.09. The minimum atomic E-state index is 0.726. The maximum Gasteiger partial charge on any atom is 0.128 e. The molecule has 4 heteroatoms. The average Bonchev–Trinajstić information content (AvgIpc) is 2.75. The second-order valence-corrected chi connectivity index (χ2v) is 4.42. The summed E-state index contributed by atoms with van der Waals surface area (Å²) in [6.07, 6.45) is 1.84. The molecule has 18 heavy (non-hydrogen) atoms. The molecule has 96 valence electrons. The quantitative estimate of drug-likeness (QED) is 0.878. The van der Waals surface area contributed by atoms with Gasteiger partial charge in [-0.25, -0.2) is 4.98 Å². The third-order valence-corrected chi connectivity index (χ3v) is 2.77. The Hall–Kier alpha value is -1.81. The number of aryl methyl sites for hydroxylation is 1. The summed E-state index contributed by atoms with van der Waals surface area (Å²) < 4.78 is 5.57. The van der Waals surface area contributed by atoms with Crippen molar-refractivity contribution in [1.29, 1.82) is 0 Å². The lowest BCUT2D eigenvalue weighted by molar-refractivity contribution is 0.481. The highest BCUT2D eigenvalue weighted by Gasteiger charge is 2.06. The van der Waals surface area contributed by atoms with E-state index in [1.807, 2.05) is 45.4 Å². The van der Waals surface area contributed by atoms with Crippen molar-refractivity contribution in [2.24, 2.45) is 0 Å². The molecular weight excluding hydrogens is 226 g/mol. The van der Waals surface area contributed by atoms with Crippen molar-refractivity contribution in [3.63, 3.8) is 0 Å². The first-order chi connectivity index (χ1) is 8.69. The predicted molar refractivity (Wildman–Crippen MR) is 72.6 cm³/mol. The number of furan rings is 1. The molecule has 0 fully saturated rings. The van der Waals surface area contributed by atoms with Crippen LogP contribution in [-0.4, -0.2) is 19.1 Å². The van der Waals surface area contributed by atoms with Crippen molar-refractivity contribution < 1.29 is 4.42 Å². The lowest BCUT2D eigenvalue weighted by atomic mass is 10.2. The van der Waals surface area contributed by atoms with Crippen LogP contribution in [-0.2, 0) is 13.1 Å². The first kappa shape index (κ1) is 12.6. The van der Waals surface area contributed by atoms with Crippen LogP contribution in [0.15, 0.2) is 34.9 Å². The molecule has 0 saturated heterocycles. The maximum absolute atomic E-state index is 5.57. The topological polar surface area (TPSA) is 41.3 Å². The normalized spacial score (nSPS) is 10.6. The number of aromatic nitrogens is 1. The second kappa shape index (κ2) is 5.69. The summed E-state index contributed by atoms with van der Waals surface area (Å²) in [5, 5.41) is 3.14. The van der Waals surface area contributed by atoms with E-state index in [2.05, 4.69) is 21.3 Å². The van der Waals surface area contributed by atoms with Crippen LogP contribution in [0.25, 0.3) is 0 Å². The highest BCUT2D eigenvalue weighted by molar-refractivity contribution is 5.40.